The van der Waals surface area contributed by atoms with Crippen LogP contribution < -0.4 is 16.4 Å². The number of aromatic hydroxyl groups is 1. The first kappa shape index (κ1) is 20.9. The Morgan fingerprint density at radius 2 is 1.85 bits per heavy atom. The third-order valence-electron chi connectivity index (χ3n) is 4.17. The molecule has 7 heteroatoms. The second-order valence-electron chi connectivity index (χ2n) is 6.35. The van der Waals surface area contributed by atoms with Gasteiger partial charge in [0.05, 0.1) is 6.04 Å². The molecule has 0 saturated heterocycles. The molecule has 0 aliphatic heterocycles. The van der Waals surface area contributed by atoms with Gasteiger partial charge in [-0.15, -0.1) is 0 Å². The molecule has 2 aromatic carbocycles. The normalized spacial score (nSPS) is 12.9. The molecule has 27 heavy (non-hydrogen) atoms. The second-order valence-corrected chi connectivity index (χ2v) is 7.27. The third kappa shape index (κ3) is 6.69. The molecule has 5 N–H and O–H groups in total. The minimum absolute atomic E-state index is 0.0955. The fraction of sp³-hybridized carbons (Fsp3) is 0.300. The second kappa shape index (κ2) is 10.1. The zero-order chi connectivity index (χ0) is 19.8. The maximum Gasteiger partial charge on any atom is 0.242 e. The lowest BCUT2D eigenvalue weighted by atomic mass is 10.1. The minimum atomic E-state index is -0.727. The van der Waals surface area contributed by atoms with Crippen LogP contribution in [0.2, 0.25) is 0 Å². The van der Waals surface area contributed by atoms with E-state index in [0.717, 1.165) is 10.0 Å². The van der Waals surface area contributed by atoms with Crippen LogP contribution in [0, 0.1) is 0 Å². The number of amides is 2. The first-order valence-corrected chi connectivity index (χ1v) is 9.51. The summed E-state index contributed by atoms with van der Waals surface area (Å²) in [7, 11) is 0. The van der Waals surface area contributed by atoms with Gasteiger partial charge in [0.15, 0.2) is 0 Å². The number of nitrogens with two attached hydrogens (primary N) is 1. The molecule has 0 aromatic heterocycles. The van der Waals surface area contributed by atoms with Crippen LogP contribution >= 0.6 is 15.9 Å². The third-order valence-corrected chi connectivity index (χ3v) is 4.66. The van der Waals surface area contributed by atoms with E-state index in [4.69, 9.17) is 5.73 Å². The summed E-state index contributed by atoms with van der Waals surface area (Å²) in [6, 6.07) is 13.3. The standard InChI is InChI=1S/C20H24BrN3O3/c1-13(19(26)23-12-15-11-16(21)8-10-18(15)25)24-20(27)17(22)9-7-14-5-3-2-4-6-14/h2-6,8,10-11,13,17,25H,7,9,12,22H2,1H3,(H,23,26)(H,24,27). The van der Waals surface area contributed by atoms with E-state index < -0.39 is 12.1 Å². The van der Waals surface area contributed by atoms with Gasteiger partial charge in [-0.2, -0.15) is 0 Å². The van der Waals surface area contributed by atoms with E-state index in [1.807, 2.05) is 30.3 Å². The Balaban J connectivity index is 1.78. The highest BCUT2D eigenvalue weighted by molar-refractivity contribution is 9.10. The number of aryl methyl sites for hydroxylation is 1. The van der Waals surface area contributed by atoms with Crippen molar-refractivity contribution in [3.63, 3.8) is 0 Å². The lowest BCUT2D eigenvalue weighted by molar-refractivity contribution is -0.129. The summed E-state index contributed by atoms with van der Waals surface area (Å²) in [6.07, 6.45) is 1.19. The highest BCUT2D eigenvalue weighted by atomic mass is 79.9. The fourth-order valence-electron chi connectivity index (χ4n) is 2.52. The highest BCUT2D eigenvalue weighted by Crippen LogP contribution is 2.21. The van der Waals surface area contributed by atoms with E-state index in [-0.39, 0.29) is 24.1 Å². The quantitative estimate of drug-likeness (QED) is 0.512. The molecule has 0 heterocycles. The molecule has 2 aromatic rings. The molecular formula is C20H24BrN3O3. The van der Waals surface area contributed by atoms with Gasteiger partial charge in [-0.05, 0) is 43.5 Å². The summed E-state index contributed by atoms with van der Waals surface area (Å²) in [5, 5.41) is 15.1. The highest BCUT2D eigenvalue weighted by Gasteiger charge is 2.20. The number of phenolic OH excluding ortho intramolecular Hbond substituents is 1. The summed E-state index contributed by atoms with van der Waals surface area (Å²) < 4.78 is 0.801. The maximum absolute atomic E-state index is 12.2. The Morgan fingerprint density at radius 1 is 1.15 bits per heavy atom. The molecular weight excluding hydrogens is 410 g/mol. The summed E-state index contributed by atoms with van der Waals surface area (Å²) in [5.74, 6) is -0.616. The van der Waals surface area contributed by atoms with Gasteiger partial charge in [0.2, 0.25) is 11.8 Å². The van der Waals surface area contributed by atoms with Crippen molar-refractivity contribution in [1.82, 2.24) is 10.6 Å². The average Bonchev–Trinajstić information content (AvgIpc) is 2.67. The van der Waals surface area contributed by atoms with Crippen LogP contribution in [0.5, 0.6) is 5.75 Å². The minimum Gasteiger partial charge on any atom is -0.508 e. The van der Waals surface area contributed by atoms with Crippen molar-refractivity contribution in [3.8, 4) is 5.75 Å². The fourth-order valence-corrected chi connectivity index (χ4v) is 2.92. The van der Waals surface area contributed by atoms with Crippen LogP contribution in [-0.4, -0.2) is 29.0 Å². The molecule has 0 spiro atoms. The number of nitrogens with one attached hydrogen (secondary N) is 2. The number of benzene rings is 2. The topological polar surface area (TPSA) is 104 Å². The molecule has 2 rings (SSSR count). The van der Waals surface area contributed by atoms with Gasteiger partial charge in [-0.1, -0.05) is 46.3 Å². The molecule has 0 radical (unpaired) electrons. The SMILES string of the molecule is CC(NC(=O)C(N)CCc1ccccc1)C(=O)NCc1cc(Br)ccc1O. The largest absolute Gasteiger partial charge is 0.508 e. The molecule has 0 fully saturated rings. The van der Waals surface area contributed by atoms with Crippen molar-refractivity contribution < 1.29 is 14.7 Å². The Hall–Kier alpha value is -2.38. The number of phenols is 1. The molecule has 2 atom stereocenters. The Kier molecular flexibility index (Phi) is 7.82. The number of halogens is 1. The van der Waals surface area contributed by atoms with Crippen molar-refractivity contribution in [2.24, 2.45) is 5.73 Å². The van der Waals surface area contributed by atoms with Crippen molar-refractivity contribution in [2.45, 2.75) is 38.4 Å². The van der Waals surface area contributed by atoms with Crippen molar-refractivity contribution in [2.75, 3.05) is 0 Å². The summed E-state index contributed by atoms with van der Waals surface area (Å²) >= 11 is 3.32. The lowest BCUT2D eigenvalue weighted by Gasteiger charge is -2.17. The number of hydrogen-bond donors (Lipinski definition) is 4. The van der Waals surface area contributed by atoms with Gasteiger partial charge in [-0.3, -0.25) is 9.59 Å². The van der Waals surface area contributed by atoms with Gasteiger partial charge >= 0.3 is 0 Å². The van der Waals surface area contributed by atoms with Gasteiger partial charge in [0.1, 0.15) is 11.8 Å². The predicted octanol–water partition coefficient (Wildman–Crippen LogP) is 2.24. The smallest absolute Gasteiger partial charge is 0.242 e. The van der Waals surface area contributed by atoms with E-state index in [2.05, 4.69) is 26.6 Å². The Morgan fingerprint density at radius 3 is 2.56 bits per heavy atom. The van der Waals surface area contributed by atoms with Gasteiger partial charge < -0.3 is 21.5 Å². The van der Waals surface area contributed by atoms with E-state index in [1.54, 1.807) is 25.1 Å². The van der Waals surface area contributed by atoms with E-state index in [0.29, 0.717) is 18.4 Å². The molecule has 0 aliphatic carbocycles. The number of rotatable bonds is 8. The monoisotopic (exact) mass is 433 g/mol. The first-order chi connectivity index (χ1) is 12.9. The van der Waals surface area contributed by atoms with Gasteiger partial charge in [-0.25, -0.2) is 0 Å². The van der Waals surface area contributed by atoms with Crippen LogP contribution in [0.4, 0.5) is 0 Å². The van der Waals surface area contributed by atoms with E-state index >= 15 is 0 Å². The van der Waals surface area contributed by atoms with Gasteiger partial charge in [0.25, 0.3) is 0 Å². The summed E-state index contributed by atoms with van der Waals surface area (Å²) in [5.41, 5.74) is 7.62. The predicted molar refractivity (Wildman–Crippen MR) is 108 cm³/mol. The van der Waals surface area contributed by atoms with Crippen molar-refractivity contribution >= 4 is 27.7 Å². The summed E-state index contributed by atoms with van der Waals surface area (Å²) in [6.45, 7) is 1.75. The van der Waals surface area contributed by atoms with Crippen molar-refractivity contribution in [1.29, 1.82) is 0 Å². The van der Waals surface area contributed by atoms with Crippen LogP contribution in [-0.2, 0) is 22.6 Å². The van der Waals surface area contributed by atoms with Crippen LogP contribution in [0.25, 0.3) is 0 Å². The van der Waals surface area contributed by atoms with Crippen LogP contribution in [0.3, 0.4) is 0 Å². The van der Waals surface area contributed by atoms with Crippen LogP contribution in [0.1, 0.15) is 24.5 Å². The molecule has 2 unspecified atom stereocenters. The maximum atomic E-state index is 12.2. The molecule has 0 saturated carbocycles. The lowest BCUT2D eigenvalue weighted by Crippen LogP contribution is -2.50. The number of hydrogen-bond acceptors (Lipinski definition) is 4. The molecule has 6 nitrogen and oxygen atoms in total. The zero-order valence-corrected chi connectivity index (χ0v) is 16.7. The number of carbonyl (C=O) groups excluding carboxylic acids is 2. The first-order valence-electron chi connectivity index (χ1n) is 8.72. The zero-order valence-electron chi connectivity index (χ0n) is 15.1. The Bertz CT molecular complexity index is 783. The van der Waals surface area contributed by atoms with Crippen molar-refractivity contribution in [3.05, 3.63) is 64.1 Å². The Labute approximate surface area is 167 Å². The van der Waals surface area contributed by atoms with Crippen LogP contribution in [0.15, 0.2) is 53.0 Å². The molecule has 0 aliphatic rings. The summed E-state index contributed by atoms with van der Waals surface area (Å²) in [4.78, 5) is 24.4. The molecule has 144 valence electrons. The van der Waals surface area contributed by atoms with E-state index in [1.165, 1.54) is 0 Å². The number of carbonyl (C=O) groups is 2. The molecule has 2 amide bonds. The van der Waals surface area contributed by atoms with E-state index in [9.17, 15) is 14.7 Å². The van der Waals surface area contributed by atoms with Gasteiger partial charge in [0, 0.05) is 16.6 Å². The average molecular weight is 434 g/mol. The molecule has 0 bridgehead atoms.